The van der Waals surface area contributed by atoms with Gasteiger partial charge in [0.2, 0.25) is 0 Å². The Bertz CT molecular complexity index is 542. The molecule has 3 nitrogen and oxygen atoms in total. The molecular formula is C29H50O3. The number of hydrogen-bond acceptors (Lipinski definition) is 3. The number of rotatable bonds is 22. The van der Waals surface area contributed by atoms with Crippen LogP contribution >= 0.6 is 0 Å². The molecule has 0 fully saturated rings. The second-order valence-electron chi connectivity index (χ2n) is 9.26. The van der Waals surface area contributed by atoms with Crippen molar-refractivity contribution in [3.8, 4) is 11.5 Å². The van der Waals surface area contributed by atoms with Crippen LogP contribution in [0.25, 0.3) is 0 Å². The van der Waals surface area contributed by atoms with Crippen molar-refractivity contribution in [3.63, 3.8) is 0 Å². The molecule has 3 heteroatoms. The quantitative estimate of drug-likeness (QED) is 0.167. The summed E-state index contributed by atoms with van der Waals surface area (Å²) >= 11 is 0. The average molecular weight is 447 g/mol. The average Bonchev–Trinajstić information content (AvgIpc) is 2.78. The Labute approximate surface area is 198 Å². The third-order valence-electron chi connectivity index (χ3n) is 6.03. The first-order valence-electron chi connectivity index (χ1n) is 13.6. The van der Waals surface area contributed by atoms with Crippen molar-refractivity contribution in [3.05, 3.63) is 23.8 Å². The number of carbonyl (C=O) groups is 1. The van der Waals surface area contributed by atoms with E-state index in [1.165, 1.54) is 89.9 Å². The van der Waals surface area contributed by atoms with Crippen molar-refractivity contribution in [2.45, 2.75) is 130 Å². The van der Waals surface area contributed by atoms with Gasteiger partial charge in [-0.15, -0.1) is 0 Å². The molecule has 0 saturated heterocycles. The van der Waals surface area contributed by atoms with Crippen LogP contribution in [0.5, 0.6) is 11.5 Å². The van der Waals surface area contributed by atoms with E-state index >= 15 is 0 Å². The van der Waals surface area contributed by atoms with E-state index in [1.807, 2.05) is 18.2 Å². The number of Topliss-reactive ketones (excluding diaryl/α,β-unsaturated/α-hetero) is 1. The summed E-state index contributed by atoms with van der Waals surface area (Å²) in [4.78, 5) is 11.9. The number of carbonyl (C=O) groups excluding carboxylic acids is 1. The standard InChI is InChI=1S/C29H50O3/c1-4-6-8-10-12-14-16-18-23-31-28-21-20-22-29(27(28)25-26(3)30)32-24-19-17-15-13-11-9-7-5-2/h20-22H,4-19,23-25H2,1-3H3. The highest BCUT2D eigenvalue weighted by atomic mass is 16.5. The smallest absolute Gasteiger partial charge is 0.134 e. The summed E-state index contributed by atoms with van der Waals surface area (Å²) in [6.45, 7) is 7.57. The minimum atomic E-state index is 0.144. The van der Waals surface area contributed by atoms with E-state index in [2.05, 4.69) is 13.8 Å². The molecule has 0 atom stereocenters. The molecule has 0 saturated carbocycles. The van der Waals surface area contributed by atoms with Crippen LogP contribution in [0.2, 0.25) is 0 Å². The molecule has 1 rings (SSSR count). The summed E-state index contributed by atoms with van der Waals surface area (Å²) in [6, 6.07) is 5.94. The van der Waals surface area contributed by atoms with Crippen molar-refractivity contribution >= 4 is 5.78 Å². The first-order chi connectivity index (χ1) is 15.7. The lowest BCUT2D eigenvalue weighted by Crippen LogP contribution is -2.07. The van der Waals surface area contributed by atoms with E-state index < -0.39 is 0 Å². The lowest BCUT2D eigenvalue weighted by molar-refractivity contribution is -0.116. The molecule has 0 aliphatic rings. The number of ketones is 1. The molecular weight excluding hydrogens is 396 g/mol. The van der Waals surface area contributed by atoms with Crippen LogP contribution in [-0.2, 0) is 11.2 Å². The van der Waals surface area contributed by atoms with Crippen molar-refractivity contribution in [1.82, 2.24) is 0 Å². The molecule has 184 valence electrons. The molecule has 0 heterocycles. The molecule has 0 bridgehead atoms. The van der Waals surface area contributed by atoms with Gasteiger partial charge < -0.3 is 9.47 Å². The lowest BCUT2D eigenvalue weighted by Gasteiger charge is -2.16. The molecule has 1 aromatic carbocycles. The Morgan fingerprint density at radius 3 is 1.38 bits per heavy atom. The molecule has 0 aromatic heterocycles. The molecule has 0 aliphatic heterocycles. The van der Waals surface area contributed by atoms with Gasteiger partial charge in [-0.05, 0) is 31.9 Å². The van der Waals surface area contributed by atoms with E-state index in [9.17, 15) is 4.79 Å². The highest BCUT2D eigenvalue weighted by Gasteiger charge is 2.13. The minimum absolute atomic E-state index is 0.144. The van der Waals surface area contributed by atoms with E-state index in [0.29, 0.717) is 19.6 Å². The van der Waals surface area contributed by atoms with Gasteiger partial charge in [-0.2, -0.15) is 0 Å². The summed E-state index contributed by atoms with van der Waals surface area (Å²) in [5.74, 6) is 1.78. The zero-order valence-electron chi connectivity index (χ0n) is 21.4. The fraction of sp³-hybridized carbons (Fsp3) is 0.759. The molecule has 0 aliphatic carbocycles. The Kier molecular flexibility index (Phi) is 17.9. The number of unbranched alkanes of at least 4 members (excludes halogenated alkanes) is 14. The maximum Gasteiger partial charge on any atom is 0.134 e. The Morgan fingerprint density at radius 1 is 0.625 bits per heavy atom. The first kappa shape index (κ1) is 28.5. The van der Waals surface area contributed by atoms with Crippen LogP contribution in [0.15, 0.2) is 18.2 Å². The van der Waals surface area contributed by atoms with Gasteiger partial charge >= 0.3 is 0 Å². The van der Waals surface area contributed by atoms with Crippen molar-refractivity contribution in [2.75, 3.05) is 13.2 Å². The largest absolute Gasteiger partial charge is 0.493 e. The second-order valence-corrected chi connectivity index (χ2v) is 9.26. The Hall–Kier alpha value is -1.51. The molecule has 32 heavy (non-hydrogen) atoms. The third kappa shape index (κ3) is 14.5. The van der Waals surface area contributed by atoms with Crippen molar-refractivity contribution in [2.24, 2.45) is 0 Å². The van der Waals surface area contributed by atoms with Gasteiger partial charge in [-0.25, -0.2) is 0 Å². The van der Waals surface area contributed by atoms with Crippen molar-refractivity contribution in [1.29, 1.82) is 0 Å². The fourth-order valence-corrected chi connectivity index (χ4v) is 4.08. The fourth-order valence-electron chi connectivity index (χ4n) is 4.08. The zero-order valence-corrected chi connectivity index (χ0v) is 21.4. The number of benzene rings is 1. The minimum Gasteiger partial charge on any atom is -0.493 e. The van der Waals surface area contributed by atoms with Crippen LogP contribution in [0.1, 0.15) is 129 Å². The molecule has 0 amide bonds. The molecule has 0 radical (unpaired) electrons. The summed E-state index contributed by atoms with van der Waals surface area (Å²) in [6.07, 6.45) is 20.9. The van der Waals surface area contributed by atoms with E-state index in [-0.39, 0.29) is 5.78 Å². The van der Waals surface area contributed by atoms with Gasteiger partial charge in [-0.3, -0.25) is 4.79 Å². The molecule has 0 unspecified atom stereocenters. The topological polar surface area (TPSA) is 35.5 Å². The van der Waals surface area contributed by atoms with E-state index in [4.69, 9.17) is 9.47 Å². The monoisotopic (exact) mass is 446 g/mol. The Balaban J connectivity index is 2.35. The predicted octanol–water partition coefficient (Wildman–Crippen LogP) is 8.86. The summed E-state index contributed by atoms with van der Waals surface area (Å²) in [7, 11) is 0. The van der Waals surface area contributed by atoms with Gasteiger partial charge in [0.1, 0.15) is 17.3 Å². The van der Waals surface area contributed by atoms with Crippen LogP contribution in [0, 0.1) is 0 Å². The van der Waals surface area contributed by atoms with E-state index in [1.54, 1.807) is 6.92 Å². The van der Waals surface area contributed by atoms with Crippen LogP contribution in [0.4, 0.5) is 0 Å². The van der Waals surface area contributed by atoms with Gasteiger partial charge in [0.05, 0.1) is 13.2 Å². The zero-order chi connectivity index (χ0) is 23.3. The summed E-state index contributed by atoms with van der Waals surface area (Å²) in [5, 5.41) is 0. The maximum absolute atomic E-state index is 11.9. The molecule has 0 N–H and O–H groups in total. The first-order valence-corrected chi connectivity index (χ1v) is 13.6. The molecule has 1 aromatic rings. The normalized spacial score (nSPS) is 11.0. The van der Waals surface area contributed by atoms with Crippen molar-refractivity contribution < 1.29 is 14.3 Å². The molecule has 0 spiro atoms. The van der Waals surface area contributed by atoms with E-state index in [0.717, 1.165) is 29.9 Å². The van der Waals surface area contributed by atoms with Gasteiger partial charge in [0, 0.05) is 12.0 Å². The summed E-state index contributed by atoms with van der Waals surface area (Å²) in [5.41, 5.74) is 0.916. The second kappa shape index (κ2) is 20.1. The predicted molar refractivity (Wildman–Crippen MR) is 137 cm³/mol. The number of ether oxygens (including phenoxy) is 2. The Morgan fingerprint density at radius 2 is 1.00 bits per heavy atom. The van der Waals surface area contributed by atoms with Crippen LogP contribution in [0.3, 0.4) is 0 Å². The maximum atomic E-state index is 11.9. The van der Waals surface area contributed by atoms with Crippen LogP contribution < -0.4 is 9.47 Å². The lowest BCUT2D eigenvalue weighted by atomic mass is 10.1. The highest BCUT2D eigenvalue weighted by molar-refractivity contribution is 5.80. The van der Waals surface area contributed by atoms with Gasteiger partial charge in [0.15, 0.2) is 0 Å². The third-order valence-corrected chi connectivity index (χ3v) is 6.03. The van der Waals surface area contributed by atoms with Crippen LogP contribution in [-0.4, -0.2) is 19.0 Å². The van der Waals surface area contributed by atoms with Gasteiger partial charge in [-0.1, -0.05) is 110 Å². The SMILES string of the molecule is CCCCCCCCCCOc1cccc(OCCCCCCCCCC)c1CC(C)=O. The van der Waals surface area contributed by atoms with Gasteiger partial charge in [0.25, 0.3) is 0 Å². The summed E-state index contributed by atoms with van der Waals surface area (Å²) < 4.78 is 12.2. The number of hydrogen-bond donors (Lipinski definition) is 0. The highest BCUT2D eigenvalue weighted by Crippen LogP contribution is 2.30.